The Balaban J connectivity index is 1.97. The third-order valence-electron chi connectivity index (χ3n) is 2.93. The maximum atomic E-state index is 12.1. The van der Waals surface area contributed by atoms with Gasteiger partial charge in [-0.2, -0.15) is 0 Å². The predicted octanol–water partition coefficient (Wildman–Crippen LogP) is 2.85. The van der Waals surface area contributed by atoms with Gasteiger partial charge in [-0.25, -0.2) is 13.4 Å². The first-order valence-electron chi connectivity index (χ1n) is 6.59. The number of anilines is 1. The maximum Gasteiger partial charge on any atom is 0.226 e. The number of nitrogens with zero attached hydrogens (tertiary/aromatic N) is 1. The van der Waals surface area contributed by atoms with Crippen molar-refractivity contribution in [2.75, 3.05) is 11.1 Å². The first-order valence-corrected chi connectivity index (χ1v) is 8.62. The van der Waals surface area contributed by atoms with Crippen LogP contribution in [-0.4, -0.2) is 25.1 Å². The molecule has 2 aromatic rings. The van der Waals surface area contributed by atoms with Gasteiger partial charge in [-0.3, -0.25) is 4.79 Å². The number of amides is 1. The largest absolute Gasteiger partial charge is 0.311 e. The highest BCUT2D eigenvalue weighted by Crippen LogP contribution is 2.16. The van der Waals surface area contributed by atoms with Crippen molar-refractivity contribution in [3.05, 3.63) is 53.2 Å². The van der Waals surface area contributed by atoms with E-state index in [4.69, 9.17) is 11.6 Å². The zero-order chi connectivity index (χ0) is 16.2. The summed E-state index contributed by atoms with van der Waals surface area (Å²) in [7, 11) is -3.51. The predicted molar refractivity (Wildman–Crippen MR) is 85.7 cm³/mol. The summed E-state index contributed by atoms with van der Waals surface area (Å²) in [5.41, 5.74) is 0.770. The second-order valence-electron chi connectivity index (χ2n) is 4.74. The molecule has 7 heteroatoms. The van der Waals surface area contributed by atoms with Crippen LogP contribution in [0.5, 0.6) is 0 Å². The number of carbonyl (C=O) groups is 1. The van der Waals surface area contributed by atoms with Crippen LogP contribution in [0.4, 0.5) is 5.82 Å². The molecule has 0 saturated heterocycles. The molecule has 116 valence electrons. The molecule has 0 atom stereocenters. The lowest BCUT2D eigenvalue weighted by Crippen LogP contribution is -2.18. The zero-order valence-electron chi connectivity index (χ0n) is 11.9. The summed E-state index contributed by atoms with van der Waals surface area (Å²) in [6.07, 6.45) is -0.138. The van der Waals surface area contributed by atoms with Gasteiger partial charge in [0.1, 0.15) is 5.82 Å². The first-order chi connectivity index (χ1) is 10.4. The number of nitrogens with one attached hydrogen (secondary N) is 1. The minimum absolute atomic E-state index is 0.138. The zero-order valence-corrected chi connectivity index (χ0v) is 13.5. The van der Waals surface area contributed by atoms with Gasteiger partial charge in [0.05, 0.1) is 10.6 Å². The van der Waals surface area contributed by atoms with E-state index in [0.717, 1.165) is 5.69 Å². The Kier molecular flexibility index (Phi) is 5.15. The number of aromatic nitrogens is 1. The SMILES string of the molecule is Cc1cccc(NC(=O)CCS(=O)(=O)c2ccc(Cl)cc2)n1. The quantitative estimate of drug-likeness (QED) is 0.909. The average Bonchev–Trinajstić information content (AvgIpc) is 2.46. The molecule has 0 radical (unpaired) electrons. The fourth-order valence-electron chi connectivity index (χ4n) is 1.80. The van der Waals surface area contributed by atoms with Crippen molar-refractivity contribution in [1.82, 2.24) is 4.98 Å². The number of rotatable bonds is 5. The van der Waals surface area contributed by atoms with Crippen LogP contribution in [0.1, 0.15) is 12.1 Å². The molecule has 1 aromatic heterocycles. The molecular formula is C15H15ClN2O3S. The molecule has 0 aliphatic rings. The monoisotopic (exact) mass is 338 g/mol. The van der Waals surface area contributed by atoms with E-state index in [-0.39, 0.29) is 17.1 Å². The molecular weight excluding hydrogens is 324 g/mol. The molecule has 1 N–H and O–H groups in total. The highest BCUT2D eigenvalue weighted by atomic mass is 35.5. The first kappa shape index (κ1) is 16.5. The van der Waals surface area contributed by atoms with Crippen LogP contribution in [-0.2, 0) is 14.6 Å². The summed E-state index contributed by atoms with van der Waals surface area (Å²) in [5.74, 6) is -0.253. The number of sulfone groups is 1. The van der Waals surface area contributed by atoms with E-state index >= 15 is 0 Å². The lowest BCUT2D eigenvalue weighted by molar-refractivity contribution is -0.115. The molecule has 0 saturated carbocycles. The van der Waals surface area contributed by atoms with Gasteiger partial charge >= 0.3 is 0 Å². The number of benzene rings is 1. The van der Waals surface area contributed by atoms with Gasteiger partial charge in [0.15, 0.2) is 9.84 Å². The van der Waals surface area contributed by atoms with Crippen molar-refractivity contribution in [1.29, 1.82) is 0 Å². The third kappa shape index (κ3) is 4.54. The molecule has 1 amide bonds. The summed E-state index contributed by atoms with van der Waals surface area (Å²) >= 11 is 5.73. The van der Waals surface area contributed by atoms with Crippen LogP contribution in [0.2, 0.25) is 5.02 Å². The Morgan fingerprint density at radius 1 is 1.18 bits per heavy atom. The van der Waals surface area contributed by atoms with Crippen molar-refractivity contribution in [2.45, 2.75) is 18.2 Å². The standard InChI is InChI=1S/C15H15ClN2O3S/c1-11-3-2-4-14(17-11)18-15(19)9-10-22(20,21)13-7-5-12(16)6-8-13/h2-8H,9-10H2,1H3,(H,17,18,19). The van der Waals surface area contributed by atoms with Crippen molar-refractivity contribution < 1.29 is 13.2 Å². The molecule has 0 fully saturated rings. The van der Waals surface area contributed by atoms with Gasteiger partial charge in [0.25, 0.3) is 0 Å². The molecule has 22 heavy (non-hydrogen) atoms. The van der Waals surface area contributed by atoms with Crippen molar-refractivity contribution in [3.8, 4) is 0 Å². The van der Waals surface area contributed by atoms with E-state index in [1.54, 1.807) is 25.1 Å². The summed E-state index contributed by atoms with van der Waals surface area (Å²) in [5, 5.41) is 3.04. The second kappa shape index (κ2) is 6.89. The fourth-order valence-corrected chi connectivity index (χ4v) is 3.17. The van der Waals surface area contributed by atoms with Gasteiger partial charge < -0.3 is 5.32 Å². The van der Waals surface area contributed by atoms with Crippen LogP contribution >= 0.6 is 11.6 Å². The van der Waals surface area contributed by atoms with Crippen LogP contribution < -0.4 is 5.32 Å². The number of halogens is 1. The Hall–Kier alpha value is -1.92. The summed E-state index contributed by atoms with van der Waals surface area (Å²) < 4.78 is 24.2. The minimum atomic E-state index is -3.51. The van der Waals surface area contributed by atoms with Crippen molar-refractivity contribution in [3.63, 3.8) is 0 Å². The lowest BCUT2D eigenvalue weighted by Gasteiger charge is -2.06. The van der Waals surface area contributed by atoms with E-state index < -0.39 is 15.7 Å². The van der Waals surface area contributed by atoms with Crippen LogP contribution in [0.3, 0.4) is 0 Å². The van der Waals surface area contributed by atoms with Crippen LogP contribution in [0, 0.1) is 6.92 Å². The number of hydrogen-bond donors (Lipinski definition) is 1. The molecule has 5 nitrogen and oxygen atoms in total. The van der Waals surface area contributed by atoms with Crippen LogP contribution in [0.25, 0.3) is 0 Å². The van der Waals surface area contributed by atoms with Gasteiger partial charge in [0.2, 0.25) is 5.91 Å². The van der Waals surface area contributed by atoms with Gasteiger partial charge in [-0.05, 0) is 43.3 Å². The lowest BCUT2D eigenvalue weighted by atomic mass is 10.3. The van der Waals surface area contributed by atoms with E-state index in [2.05, 4.69) is 10.3 Å². The Labute approximate surface area is 134 Å². The summed E-state index contributed by atoms with van der Waals surface area (Å²) in [4.78, 5) is 16.1. The highest BCUT2D eigenvalue weighted by Gasteiger charge is 2.16. The van der Waals surface area contributed by atoms with E-state index in [1.807, 2.05) is 0 Å². The smallest absolute Gasteiger partial charge is 0.226 e. The third-order valence-corrected chi connectivity index (χ3v) is 4.91. The Morgan fingerprint density at radius 3 is 2.50 bits per heavy atom. The van der Waals surface area contributed by atoms with Crippen LogP contribution in [0.15, 0.2) is 47.4 Å². The molecule has 0 spiro atoms. The summed E-state index contributed by atoms with van der Waals surface area (Å²) in [6, 6.07) is 11.1. The number of pyridine rings is 1. The molecule has 0 bridgehead atoms. The molecule has 0 aliphatic carbocycles. The molecule has 1 heterocycles. The summed E-state index contributed by atoms with van der Waals surface area (Å²) in [6.45, 7) is 1.81. The van der Waals surface area contributed by atoms with Crippen molar-refractivity contribution in [2.24, 2.45) is 0 Å². The molecule has 1 aromatic carbocycles. The average molecular weight is 339 g/mol. The van der Waals surface area contributed by atoms with E-state index in [9.17, 15) is 13.2 Å². The Morgan fingerprint density at radius 2 is 1.86 bits per heavy atom. The highest BCUT2D eigenvalue weighted by molar-refractivity contribution is 7.91. The fraction of sp³-hybridized carbons (Fsp3) is 0.200. The number of hydrogen-bond acceptors (Lipinski definition) is 4. The van der Waals surface area contributed by atoms with E-state index in [1.165, 1.54) is 24.3 Å². The number of aryl methyl sites for hydroxylation is 1. The Bertz CT molecular complexity index is 774. The van der Waals surface area contributed by atoms with E-state index in [0.29, 0.717) is 10.8 Å². The van der Waals surface area contributed by atoms with Gasteiger partial charge in [0, 0.05) is 17.1 Å². The van der Waals surface area contributed by atoms with Gasteiger partial charge in [-0.1, -0.05) is 17.7 Å². The maximum absolute atomic E-state index is 12.1. The molecule has 0 aliphatic heterocycles. The topological polar surface area (TPSA) is 76.1 Å². The van der Waals surface area contributed by atoms with Crippen molar-refractivity contribution >= 4 is 33.2 Å². The molecule has 0 unspecified atom stereocenters. The second-order valence-corrected chi connectivity index (χ2v) is 7.28. The number of carbonyl (C=O) groups excluding carboxylic acids is 1. The van der Waals surface area contributed by atoms with Gasteiger partial charge in [-0.15, -0.1) is 0 Å². The molecule has 2 rings (SSSR count). The minimum Gasteiger partial charge on any atom is -0.311 e. The normalized spacial score (nSPS) is 11.2.